The summed E-state index contributed by atoms with van der Waals surface area (Å²) in [4.78, 5) is 12.3. The summed E-state index contributed by atoms with van der Waals surface area (Å²) >= 11 is 0. The van der Waals surface area contributed by atoms with Crippen LogP contribution in [0.3, 0.4) is 0 Å². The molecule has 2 aromatic rings. The predicted octanol–water partition coefficient (Wildman–Crippen LogP) is 6.92. The summed E-state index contributed by atoms with van der Waals surface area (Å²) in [5.41, 5.74) is 2.71. The van der Waals surface area contributed by atoms with Crippen molar-refractivity contribution in [3.05, 3.63) is 70.3 Å². The molecule has 42 heavy (non-hydrogen) atoms. The average Bonchev–Trinajstić information content (AvgIpc) is 3.27. The minimum Gasteiger partial charge on any atom is -0.493 e. The lowest BCUT2D eigenvalue weighted by molar-refractivity contribution is -0.142. The smallest absolute Gasteiger partial charge is 0.329 e. The van der Waals surface area contributed by atoms with E-state index >= 15 is 8.78 Å². The van der Waals surface area contributed by atoms with Crippen LogP contribution < -0.4 is 4.74 Å². The van der Waals surface area contributed by atoms with Gasteiger partial charge in [-0.05, 0) is 75.1 Å². The lowest BCUT2D eigenvalue weighted by Gasteiger charge is -2.44. The standard InChI is InChI=1S/C33H42F3NO5/c1-22-16-26-25-11-6-5-10-23(25)17-27(26)32(37(22)21-33(2,3)36)31-28(34)18-24(19-29(31)35)42-15-9-14-40-12-7-4-8-13-41-20-30(38)39/h5-6,10-11,18-19,22,32H,4,7-9,12-17,20-21H2,1-3H3,(H,38,39)/t22-,32+/m1/s1. The Labute approximate surface area is 246 Å². The Bertz CT molecular complexity index is 1240. The summed E-state index contributed by atoms with van der Waals surface area (Å²) in [6.45, 7) is 6.43. The predicted molar refractivity (Wildman–Crippen MR) is 155 cm³/mol. The van der Waals surface area contributed by atoms with Gasteiger partial charge < -0.3 is 19.3 Å². The lowest BCUT2D eigenvalue weighted by Crippen LogP contribution is -2.47. The van der Waals surface area contributed by atoms with Crippen molar-refractivity contribution in [2.24, 2.45) is 0 Å². The third-order valence-electron chi connectivity index (χ3n) is 7.73. The number of rotatable bonds is 16. The molecule has 0 unspecified atom stereocenters. The van der Waals surface area contributed by atoms with Gasteiger partial charge in [0.1, 0.15) is 29.7 Å². The number of fused-ring (bicyclic) bond motifs is 2. The molecule has 9 heteroatoms. The van der Waals surface area contributed by atoms with Crippen LogP contribution >= 0.6 is 0 Å². The molecule has 0 spiro atoms. The summed E-state index contributed by atoms with van der Waals surface area (Å²) in [7, 11) is 0. The molecule has 1 aliphatic heterocycles. The van der Waals surface area contributed by atoms with Crippen LogP contribution in [-0.4, -0.2) is 67.3 Å². The lowest BCUT2D eigenvalue weighted by atomic mass is 9.84. The highest BCUT2D eigenvalue weighted by Gasteiger charge is 2.42. The van der Waals surface area contributed by atoms with Crippen molar-refractivity contribution >= 4 is 11.5 Å². The maximum atomic E-state index is 15.8. The summed E-state index contributed by atoms with van der Waals surface area (Å²) in [6.07, 6.45) is 4.30. The summed E-state index contributed by atoms with van der Waals surface area (Å²) in [6, 6.07) is 9.70. The minimum absolute atomic E-state index is 0.0571. The average molecular weight is 590 g/mol. The van der Waals surface area contributed by atoms with Crippen LogP contribution in [0, 0.1) is 11.6 Å². The molecule has 230 valence electrons. The number of aliphatic carboxylic acids is 1. The van der Waals surface area contributed by atoms with E-state index in [2.05, 4.69) is 6.07 Å². The molecule has 0 aromatic heterocycles. The van der Waals surface area contributed by atoms with Gasteiger partial charge >= 0.3 is 5.97 Å². The SMILES string of the molecule is C[C@@H]1CC2=C(Cc3ccccc32)[C@@H](c2c(F)cc(OCCCOCCCCCOCC(=O)O)cc2F)N1CC(C)(C)F. The third-order valence-corrected chi connectivity index (χ3v) is 7.73. The Hall–Kier alpha value is -2.88. The molecule has 4 rings (SSSR count). The number of carboxylic acid groups (broad SMARTS) is 1. The second-order valence-corrected chi connectivity index (χ2v) is 11.8. The Balaban J connectivity index is 1.36. The Morgan fingerprint density at radius 1 is 1.00 bits per heavy atom. The van der Waals surface area contributed by atoms with Crippen LogP contribution in [0.4, 0.5) is 13.2 Å². The molecule has 0 saturated heterocycles. The van der Waals surface area contributed by atoms with Crippen LogP contribution in [0.1, 0.15) is 75.6 Å². The van der Waals surface area contributed by atoms with Crippen LogP contribution in [0.2, 0.25) is 0 Å². The first-order valence-corrected chi connectivity index (χ1v) is 14.8. The summed E-state index contributed by atoms with van der Waals surface area (Å²) in [5.74, 6) is -2.26. The number of unbranched alkanes of at least 4 members (excludes halogenated alkanes) is 2. The van der Waals surface area contributed by atoms with E-state index in [1.807, 2.05) is 30.0 Å². The molecule has 1 N–H and O–H groups in total. The molecule has 1 aliphatic carbocycles. The molecule has 1 heterocycles. The zero-order valence-corrected chi connectivity index (χ0v) is 24.8. The van der Waals surface area contributed by atoms with Crippen LogP contribution in [-0.2, 0) is 20.7 Å². The van der Waals surface area contributed by atoms with E-state index < -0.39 is 29.3 Å². The molecular formula is C33H42F3NO5. The zero-order chi connectivity index (χ0) is 30.3. The second-order valence-electron chi connectivity index (χ2n) is 11.8. The fourth-order valence-electron chi connectivity index (χ4n) is 5.95. The van der Waals surface area contributed by atoms with Crippen molar-refractivity contribution in [1.29, 1.82) is 0 Å². The minimum atomic E-state index is -1.54. The number of nitrogens with zero attached hydrogens (tertiary/aromatic N) is 1. The highest BCUT2D eigenvalue weighted by atomic mass is 19.1. The van der Waals surface area contributed by atoms with E-state index in [-0.39, 0.29) is 37.1 Å². The monoisotopic (exact) mass is 589 g/mol. The van der Waals surface area contributed by atoms with Crippen molar-refractivity contribution in [3.8, 4) is 5.75 Å². The van der Waals surface area contributed by atoms with E-state index in [1.54, 1.807) is 0 Å². The van der Waals surface area contributed by atoms with Crippen LogP contribution in [0.5, 0.6) is 5.75 Å². The van der Waals surface area contributed by atoms with E-state index in [0.29, 0.717) is 39.1 Å². The molecule has 6 nitrogen and oxygen atoms in total. The first-order valence-electron chi connectivity index (χ1n) is 14.8. The molecular weight excluding hydrogens is 547 g/mol. The van der Waals surface area contributed by atoms with Gasteiger partial charge in [-0.1, -0.05) is 24.3 Å². The number of hydrogen-bond donors (Lipinski definition) is 1. The number of alkyl halides is 1. The number of hydrogen-bond acceptors (Lipinski definition) is 5. The maximum absolute atomic E-state index is 15.8. The van der Waals surface area contributed by atoms with Gasteiger partial charge in [0.15, 0.2) is 0 Å². The third kappa shape index (κ3) is 8.36. The van der Waals surface area contributed by atoms with Gasteiger partial charge in [0, 0.05) is 56.5 Å². The van der Waals surface area contributed by atoms with Crippen LogP contribution in [0.15, 0.2) is 42.0 Å². The molecule has 2 atom stereocenters. The van der Waals surface area contributed by atoms with E-state index in [9.17, 15) is 9.18 Å². The van der Waals surface area contributed by atoms with Crippen molar-refractivity contribution in [3.63, 3.8) is 0 Å². The van der Waals surface area contributed by atoms with Gasteiger partial charge in [-0.2, -0.15) is 0 Å². The zero-order valence-electron chi connectivity index (χ0n) is 24.8. The van der Waals surface area contributed by atoms with Gasteiger partial charge in [0.05, 0.1) is 12.6 Å². The van der Waals surface area contributed by atoms with Crippen molar-refractivity contribution in [2.75, 3.05) is 39.6 Å². The molecule has 0 radical (unpaired) electrons. The first kappa shape index (κ1) is 32.0. The van der Waals surface area contributed by atoms with Gasteiger partial charge in [0.25, 0.3) is 0 Å². The van der Waals surface area contributed by atoms with E-state index in [4.69, 9.17) is 19.3 Å². The molecule has 0 saturated carbocycles. The summed E-state index contributed by atoms with van der Waals surface area (Å²) in [5, 5.41) is 8.53. The largest absolute Gasteiger partial charge is 0.493 e. The number of halogens is 3. The highest BCUT2D eigenvalue weighted by molar-refractivity contribution is 5.79. The molecule has 0 fully saturated rings. The Morgan fingerprint density at radius 3 is 2.36 bits per heavy atom. The number of ether oxygens (including phenoxy) is 3. The number of carbonyl (C=O) groups is 1. The van der Waals surface area contributed by atoms with Gasteiger partial charge in [-0.3, -0.25) is 4.90 Å². The van der Waals surface area contributed by atoms with Crippen LogP contribution in [0.25, 0.3) is 5.57 Å². The Kier molecular flexibility index (Phi) is 11.1. The molecule has 2 aromatic carbocycles. The van der Waals surface area contributed by atoms with E-state index in [0.717, 1.165) is 41.5 Å². The van der Waals surface area contributed by atoms with Gasteiger partial charge in [-0.25, -0.2) is 18.0 Å². The summed E-state index contributed by atoms with van der Waals surface area (Å²) < 4.78 is 62.7. The molecule has 0 bridgehead atoms. The quantitative estimate of drug-likeness (QED) is 0.215. The van der Waals surface area contributed by atoms with Gasteiger partial charge in [0.2, 0.25) is 0 Å². The van der Waals surface area contributed by atoms with Crippen molar-refractivity contribution in [2.45, 2.75) is 77.0 Å². The molecule has 2 aliphatic rings. The highest BCUT2D eigenvalue weighted by Crippen LogP contribution is 2.50. The molecule has 0 amide bonds. The number of carboxylic acids is 1. The normalized spacial score (nSPS) is 18.7. The fourth-order valence-corrected chi connectivity index (χ4v) is 5.95. The topological polar surface area (TPSA) is 68.2 Å². The fraction of sp³-hybridized carbons (Fsp3) is 0.545. The second kappa shape index (κ2) is 14.5. The van der Waals surface area contributed by atoms with Crippen molar-refractivity contribution in [1.82, 2.24) is 4.90 Å². The maximum Gasteiger partial charge on any atom is 0.329 e. The van der Waals surface area contributed by atoms with E-state index in [1.165, 1.54) is 26.0 Å². The number of benzene rings is 2. The Morgan fingerprint density at radius 2 is 1.67 bits per heavy atom. The first-order chi connectivity index (χ1) is 20.0. The van der Waals surface area contributed by atoms with Crippen molar-refractivity contribution < 1.29 is 37.3 Å². The van der Waals surface area contributed by atoms with Gasteiger partial charge in [-0.15, -0.1) is 0 Å².